The van der Waals surface area contributed by atoms with Gasteiger partial charge < -0.3 is 14.4 Å². The van der Waals surface area contributed by atoms with Gasteiger partial charge in [-0.25, -0.2) is 0 Å². The third-order valence-electron chi connectivity index (χ3n) is 2.56. The van der Waals surface area contributed by atoms with E-state index in [0.29, 0.717) is 32.1 Å². The van der Waals surface area contributed by atoms with Crippen molar-refractivity contribution in [3.63, 3.8) is 0 Å². The Kier molecular flexibility index (Phi) is 5.25. The summed E-state index contributed by atoms with van der Waals surface area (Å²) in [5.41, 5.74) is 0. The summed E-state index contributed by atoms with van der Waals surface area (Å²) in [6, 6.07) is 5.74. The Bertz CT molecular complexity index is 415. The molecule has 1 aliphatic rings. The predicted octanol–water partition coefficient (Wildman–Crippen LogP) is 2.29. The molecule has 0 unspecified atom stereocenters. The highest BCUT2D eigenvalue weighted by Crippen LogP contribution is 2.22. The first-order valence-corrected chi connectivity index (χ1v) is 7.47. The highest BCUT2D eigenvalue weighted by molar-refractivity contribution is 14.1. The number of halogens is 2. The van der Waals surface area contributed by atoms with Gasteiger partial charge in [-0.2, -0.15) is 0 Å². The maximum atomic E-state index is 11.9. The SMILES string of the molecule is O=C(COc1cc(Br)cc(I)c1)N1CCOCC1. The number of hydrogen-bond donors (Lipinski definition) is 0. The van der Waals surface area contributed by atoms with Gasteiger partial charge in [0.25, 0.3) is 5.91 Å². The van der Waals surface area contributed by atoms with Crippen molar-refractivity contribution in [3.05, 3.63) is 26.2 Å². The number of carbonyl (C=O) groups excluding carboxylic acids is 1. The number of rotatable bonds is 3. The number of amides is 1. The summed E-state index contributed by atoms with van der Waals surface area (Å²) in [5.74, 6) is 0.712. The van der Waals surface area contributed by atoms with E-state index in [1.807, 2.05) is 18.2 Å². The number of benzene rings is 1. The Labute approximate surface area is 128 Å². The monoisotopic (exact) mass is 425 g/mol. The molecule has 18 heavy (non-hydrogen) atoms. The van der Waals surface area contributed by atoms with E-state index in [9.17, 15) is 4.79 Å². The van der Waals surface area contributed by atoms with Crippen LogP contribution in [0.25, 0.3) is 0 Å². The Morgan fingerprint density at radius 1 is 1.39 bits per heavy atom. The lowest BCUT2D eigenvalue weighted by atomic mass is 10.3. The van der Waals surface area contributed by atoms with Gasteiger partial charge >= 0.3 is 0 Å². The minimum absolute atomic E-state index is 0.00767. The van der Waals surface area contributed by atoms with Crippen LogP contribution in [-0.4, -0.2) is 43.7 Å². The Morgan fingerprint density at radius 2 is 2.11 bits per heavy atom. The number of nitrogens with zero attached hydrogens (tertiary/aromatic N) is 1. The summed E-state index contributed by atoms with van der Waals surface area (Å²) in [4.78, 5) is 13.6. The van der Waals surface area contributed by atoms with Gasteiger partial charge in [0, 0.05) is 21.1 Å². The van der Waals surface area contributed by atoms with Crippen molar-refractivity contribution in [2.24, 2.45) is 0 Å². The van der Waals surface area contributed by atoms with Gasteiger partial charge in [0.2, 0.25) is 0 Å². The average Bonchev–Trinajstić information content (AvgIpc) is 2.36. The van der Waals surface area contributed by atoms with Crippen molar-refractivity contribution < 1.29 is 14.3 Å². The Hall–Kier alpha value is -0.340. The first kappa shape index (κ1) is 14.1. The smallest absolute Gasteiger partial charge is 0.260 e. The molecule has 4 nitrogen and oxygen atoms in total. The minimum atomic E-state index is 0.00767. The Morgan fingerprint density at radius 3 is 2.78 bits per heavy atom. The van der Waals surface area contributed by atoms with Gasteiger partial charge in [-0.3, -0.25) is 4.79 Å². The van der Waals surface area contributed by atoms with Crippen LogP contribution in [0.3, 0.4) is 0 Å². The fourth-order valence-corrected chi connectivity index (χ4v) is 3.20. The lowest BCUT2D eigenvalue weighted by Crippen LogP contribution is -2.42. The van der Waals surface area contributed by atoms with Crippen LogP contribution in [-0.2, 0) is 9.53 Å². The van der Waals surface area contributed by atoms with Crippen LogP contribution in [0.1, 0.15) is 0 Å². The topological polar surface area (TPSA) is 38.8 Å². The molecule has 1 aliphatic heterocycles. The van der Waals surface area contributed by atoms with Crippen molar-refractivity contribution in [1.29, 1.82) is 0 Å². The zero-order valence-electron chi connectivity index (χ0n) is 9.70. The molecule has 0 aromatic heterocycles. The largest absolute Gasteiger partial charge is 0.484 e. The highest BCUT2D eigenvalue weighted by atomic mass is 127. The molecule has 0 bridgehead atoms. The quantitative estimate of drug-likeness (QED) is 0.697. The van der Waals surface area contributed by atoms with E-state index in [4.69, 9.17) is 9.47 Å². The zero-order valence-corrected chi connectivity index (χ0v) is 13.4. The second-order valence-electron chi connectivity index (χ2n) is 3.89. The van der Waals surface area contributed by atoms with E-state index in [1.165, 1.54) is 0 Å². The highest BCUT2D eigenvalue weighted by Gasteiger charge is 2.17. The number of hydrogen-bond acceptors (Lipinski definition) is 3. The fourth-order valence-electron chi connectivity index (χ4n) is 1.66. The molecule has 0 spiro atoms. The van der Waals surface area contributed by atoms with Gasteiger partial charge in [0.15, 0.2) is 6.61 Å². The predicted molar refractivity (Wildman–Crippen MR) is 79.8 cm³/mol. The van der Waals surface area contributed by atoms with Gasteiger partial charge in [0.1, 0.15) is 5.75 Å². The van der Waals surface area contributed by atoms with Crippen LogP contribution in [0.4, 0.5) is 0 Å². The minimum Gasteiger partial charge on any atom is -0.484 e. The molecular formula is C12H13BrINO3. The second-order valence-corrected chi connectivity index (χ2v) is 6.05. The molecule has 1 fully saturated rings. The molecule has 0 N–H and O–H groups in total. The lowest BCUT2D eigenvalue weighted by Gasteiger charge is -2.26. The normalized spacial score (nSPS) is 15.6. The summed E-state index contributed by atoms with van der Waals surface area (Å²) in [7, 11) is 0. The molecule has 1 aromatic rings. The van der Waals surface area contributed by atoms with E-state index in [0.717, 1.165) is 8.04 Å². The van der Waals surface area contributed by atoms with Crippen LogP contribution in [0.15, 0.2) is 22.7 Å². The van der Waals surface area contributed by atoms with E-state index in [2.05, 4.69) is 38.5 Å². The molecule has 98 valence electrons. The van der Waals surface area contributed by atoms with Crippen molar-refractivity contribution in [1.82, 2.24) is 4.90 Å². The summed E-state index contributed by atoms with van der Waals surface area (Å²) < 4.78 is 12.7. The molecule has 1 heterocycles. The summed E-state index contributed by atoms with van der Waals surface area (Å²) in [5, 5.41) is 0. The molecular weight excluding hydrogens is 413 g/mol. The molecule has 1 aromatic carbocycles. The van der Waals surface area contributed by atoms with Gasteiger partial charge in [-0.05, 0) is 40.8 Å². The molecule has 6 heteroatoms. The van der Waals surface area contributed by atoms with E-state index in [-0.39, 0.29) is 12.5 Å². The van der Waals surface area contributed by atoms with Crippen molar-refractivity contribution in [2.75, 3.05) is 32.9 Å². The third kappa shape index (κ3) is 4.10. The molecule has 1 amide bonds. The second kappa shape index (κ2) is 6.72. The molecule has 0 saturated carbocycles. The summed E-state index contributed by atoms with van der Waals surface area (Å²) >= 11 is 5.61. The maximum absolute atomic E-state index is 11.9. The van der Waals surface area contributed by atoms with Crippen LogP contribution >= 0.6 is 38.5 Å². The number of morpholine rings is 1. The first-order valence-electron chi connectivity index (χ1n) is 5.59. The fraction of sp³-hybridized carbons (Fsp3) is 0.417. The van der Waals surface area contributed by atoms with Crippen LogP contribution in [0.5, 0.6) is 5.75 Å². The van der Waals surface area contributed by atoms with Gasteiger partial charge in [-0.15, -0.1) is 0 Å². The molecule has 1 saturated heterocycles. The van der Waals surface area contributed by atoms with E-state index >= 15 is 0 Å². The lowest BCUT2D eigenvalue weighted by molar-refractivity contribution is -0.137. The van der Waals surface area contributed by atoms with E-state index in [1.54, 1.807) is 4.90 Å². The third-order valence-corrected chi connectivity index (χ3v) is 3.64. The van der Waals surface area contributed by atoms with Crippen LogP contribution < -0.4 is 4.74 Å². The molecule has 0 aliphatic carbocycles. The standard InChI is InChI=1S/C12H13BrINO3/c13-9-5-10(14)7-11(6-9)18-8-12(16)15-1-3-17-4-2-15/h5-7H,1-4,8H2. The van der Waals surface area contributed by atoms with Crippen molar-refractivity contribution in [2.45, 2.75) is 0 Å². The molecule has 0 atom stereocenters. The number of carbonyl (C=O) groups is 1. The van der Waals surface area contributed by atoms with Crippen LogP contribution in [0, 0.1) is 3.57 Å². The average molecular weight is 426 g/mol. The van der Waals surface area contributed by atoms with Gasteiger partial charge in [0.05, 0.1) is 13.2 Å². The van der Waals surface area contributed by atoms with Crippen molar-refractivity contribution in [3.8, 4) is 5.75 Å². The zero-order chi connectivity index (χ0) is 13.0. The van der Waals surface area contributed by atoms with Gasteiger partial charge in [-0.1, -0.05) is 15.9 Å². The Balaban J connectivity index is 1.88. The van der Waals surface area contributed by atoms with Crippen LogP contribution in [0.2, 0.25) is 0 Å². The maximum Gasteiger partial charge on any atom is 0.260 e. The molecule has 2 rings (SSSR count). The van der Waals surface area contributed by atoms with Crippen molar-refractivity contribution >= 4 is 44.4 Å². The summed E-state index contributed by atoms with van der Waals surface area (Å²) in [6.45, 7) is 2.60. The first-order chi connectivity index (χ1) is 8.65. The number of ether oxygens (including phenoxy) is 2. The molecule has 0 radical (unpaired) electrons. The van der Waals surface area contributed by atoms with E-state index < -0.39 is 0 Å². The summed E-state index contributed by atoms with van der Waals surface area (Å²) in [6.07, 6.45) is 0.